The van der Waals surface area contributed by atoms with Gasteiger partial charge in [0, 0.05) is 11.0 Å². The Bertz CT molecular complexity index is 587. The van der Waals surface area contributed by atoms with Gasteiger partial charge in [0.15, 0.2) is 0 Å². The first-order chi connectivity index (χ1) is 8.39. The molecule has 1 aromatic heterocycles. The monoisotopic (exact) mass is 264 g/mol. The molecule has 2 rings (SSSR count). The fourth-order valence-corrected chi connectivity index (χ4v) is 2.43. The summed E-state index contributed by atoms with van der Waals surface area (Å²) < 4.78 is 17.0. The van der Waals surface area contributed by atoms with Crippen LogP contribution in [-0.4, -0.2) is 15.4 Å². The Balaban J connectivity index is 2.45. The van der Waals surface area contributed by atoms with E-state index in [1.54, 1.807) is 6.07 Å². The van der Waals surface area contributed by atoms with Gasteiger partial charge in [0.2, 0.25) is 5.78 Å². The number of rotatable bonds is 2. The summed E-state index contributed by atoms with van der Waals surface area (Å²) in [5.41, 5.74) is 0.721. The van der Waals surface area contributed by atoms with E-state index in [2.05, 4.69) is 9.59 Å². The SMILES string of the molecule is CC(C)(C)c1nnsc1C(=O)c1cccc(F)c1. The lowest BCUT2D eigenvalue weighted by Gasteiger charge is -2.15. The first-order valence-electron chi connectivity index (χ1n) is 5.52. The van der Waals surface area contributed by atoms with E-state index in [1.807, 2.05) is 20.8 Å². The van der Waals surface area contributed by atoms with Gasteiger partial charge < -0.3 is 0 Å². The number of carbonyl (C=O) groups is 1. The largest absolute Gasteiger partial charge is 0.288 e. The molecular weight excluding hydrogens is 251 g/mol. The first kappa shape index (κ1) is 12.8. The Labute approximate surface area is 109 Å². The van der Waals surface area contributed by atoms with Crippen molar-refractivity contribution in [3.05, 3.63) is 46.2 Å². The van der Waals surface area contributed by atoms with E-state index in [9.17, 15) is 9.18 Å². The Morgan fingerprint density at radius 2 is 2.06 bits per heavy atom. The Morgan fingerprint density at radius 3 is 2.67 bits per heavy atom. The minimum atomic E-state index is -0.421. The second-order valence-corrected chi connectivity index (χ2v) is 5.79. The predicted octanol–water partition coefficient (Wildman–Crippen LogP) is 3.21. The second kappa shape index (κ2) is 4.57. The molecule has 0 bridgehead atoms. The normalized spacial score (nSPS) is 11.6. The Kier molecular flexibility index (Phi) is 3.26. The lowest BCUT2D eigenvalue weighted by Crippen LogP contribution is -2.16. The maximum absolute atomic E-state index is 13.1. The predicted molar refractivity (Wildman–Crippen MR) is 68.4 cm³/mol. The van der Waals surface area contributed by atoms with Crippen LogP contribution in [0, 0.1) is 5.82 Å². The van der Waals surface area contributed by atoms with Crippen molar-refractivity contribution in [3.63, 3.8) is 0 Å². The zero-order valence-electron chi connectivity index (χ0n) is 10.4. The highest BCUT2D eigenvalue weighted by molar-refractivity contribution is 7.08. The topological polar surface area (TPSA) is 42.9 Å². The van der Waals surface area contributed by atoms with Crippen molar-refractivity contribution in [3.8, 4) is 0 Å². The number of nitrogens with zero attached hydrogens (tertiary/aromatic N) is 2. The number of hydrogen-bond donors (Lipinski definition) is 0. The fourth-order valence-electron chi connectivity index (χ4n) is 1.59. The van der Waals surface area contributed by atoms with Crippen LogP contribution in [-0.2, 0) is 5.41 Å². The van der Waals surface area contributed by atoms with Crippen molar-refractivity contribution < 1.29 is 9.18 Å². The maximum atomic E-state index is 13.1. The molecule has 2 aromatic rings. The van der Waals surface area contributed by atoms with Gasteiger partial charge in [-0.1, -0.05) is 37.4 Å². The van der Waals surface area contributed by atoms with Crippen molar-refractivity contribution >= 4 is 17.3 Å². The number of carbonyl (C=O) groups excluding carboxylic acids is 1. The molecule has 18 heavy (non-hydrogen) atoms. The molecular formula is C13H13FN2OS. The second-order valence-electron chi connectivity index (χ2n) is 5.04. The lowest BCUT2D eigenvalue weighted by atomic mass is 9.90. The van der Waals surface area contributed by atoms with E-state index in [1.165, 1.54) is 18.2 Å². The summed E-state index contributed by atoms with van der Waals surface area (Å²) in [6.07, 6.45) is 0. The van der Waals surface area contributed by atoms with Crippen molar-refractivity contribution in [2.75, 3.05) is 0 Å². The van der Waals surface area contributed by atoms with Gasteiger partial charge in [-0.3, -0.25) is 4.79 Å². The van der Waals surface area contributed by atoms with Crippen molar-refractivity contribution in [2.24, 2.45) is 0 Å². The average Bonchev–Trinajstić information content (AvgIpc) is 2.76. The van der Waals surface area contributed by atoms with Gasteiger partial charge in [-0.25, -0.2) is 4.39 Å². The molecule has 0 unspecified atom stereocenters. The number of benzene rings is 1. The number of halogens is 1. The molecule has 1 heterocycles. The standard InChI is InChI=1S/C13H13FN2OS/c1-13(2,3)12-11(18-16-15-12)10(17)8-5-4-6-9(14)7-8/h4-7H,1-3H3. The van der Waals surface area contributed by atoms with Crippen LogP contribution in [0.2, 0.25) is 0 Å². The van der Waals surface area contributed by atoms with Crippen LogP contribution in [0.25, 0.3) is 0 Å². The van der Waals surface area contributed by atoms with E-state index in [-0.39, 0.29) is 11.2 Å². The minimum Gasteiger partial charge on any atom is -0.288 e. The molecule has 0 atom stereocenters. The van der Waals surface area contributed by atoms with Gasteiger partial charge in [-0.05, 0) is 23.7 Å². The highest BCUT2D eigenvalue weighted by Crippen LogP contribution is 2.27. The van der Waals surface area contributed by atoms with Crippen LogP contribution in [0.5, 0.6) is 0 Å². The van der Waals surface area contributed by atoms with Crippen molar-refractivity contribution in [1.29, 1.82) is 0 Å². The summed E-state index contributed by atoms with van der Waals surface area (Å²) in [5.74, 6) is -0.648. The molecule has 0 spiro atoms. The highest BCUT2D eigenvalue weighted by Gasteiger charge is 2.26. The molecule has 3 nitrogen and oxygen atoms in total. The maximum Gasteiger partial charge on any atom is 0.206 e. The molecule has 0 saturated heterocycles. The average molecular weight is 264 g/mol. The van der Waals surface area contributed by atoms with Gasteiger partial charge >= 0.3 is 0 Å². The molecule has 0 aliphatic carbocycles. The van der Waals surface area contributed by atoms with Gasteiger partial charge in [-0.15, -0.1) is 5.10 Å². The van der Waals surface area contributed by atoms with E-state index < -0.39 is 5.82 Å². The van der Waals surface area contributed by atoms with Crippen LogP contribution in [0.4, 0.5) is 4.39 Å². The molecule has 0 fully saturated rings. The molecule has 0 aliphatic heterocycles. The minimum absolute atomic E-state index is 0.227. The number of ketones is 1. The van der Waals surface area contributed by atoms with Gasteiger partial charge in [0.05, 0.1) is 5.69 Å². The molecule has 0 aliphatic rings. The smallest absolute Gasteiger partial charge is 0.206 e. The zero-order valence-corrected chi connectivity index (χ0v) is 11.2. The molecule has 5 heteroatoms. The van der Waals surface area contributed by atoms with Crippen LogP contribution in [0.1, 0.15) is 41.7 Å². The molecule has 0 amide bonds. The molecule has 0 N–H and O–H groups in total. The molecule has 94 valence electrons. The summed E-state index contributed by atoms with van der Waals surface area (Å²) in [6.45, 7) is 5.89. The zero-order chi connectivity index (χ0) is 13.3. The van der Waals surface area contributed by atoms with Gasteiger partial charge in [-0.2, -0.15) is 0 Å². The first-order valence-corrected chi connectivity index (χ1v) is 6.30. The highest BCUT2D eigenvalue weighted by atomic mass is 32.1. The summed E-state index contributed by atoms with van der Waals surface area (Å²) in [4.78, 5) is 12.8. The van der Waals surface area contributed by atoms with E-state index in [4.69, 9.17) is 0 Å². The summed E-state index contributed by atoms with van der Waals surface area (Å²) in [6, 6.07) is 5.66. The molecule has 1 aromatic carbocycles. The third-order valence-electron chi connectivity index (χ3n) is 2.49. The summed E-state index contributed by atoms with van der Waals surface area (Å²) in [5, 5.41) is 4.01. The van der Waals surface area contributed by atoms with E-state index in [0.717, 1.165) is 11.5 Å². The third kappa shape index (κ3) is 2.46. The lowest BCUT2D eigenvalue weighted by molar-refractivity contribution is 0.104. The summed E-state index contributed by atoms with van der Waals surface area (Å²) in [7, 11) is 0. The van der Waals surface area contributed by atoms with E-state index >= 15 is 0 Å². The molecule has 0 saturated carbocycles. The Hall–Kier alpha value is -1.62. The van der Waals surface area contributed by atoms with Crippen molar-refractivity contribution in [1.82, 2.24) is 9.59 Å². The number of aromatic nitrogens is 2. The quantitative estimate of drug-likeness (QED) is 0.782. The van der Waals surface area contributed by atoms with E-state index in [0.29, 0.717) is 16.1 Å². The van der Waals surface area contributed by atoms with Crippen LogP contribution < -0.4 is 0 Å². The van der Waals surface area contributed by atoms with Gasteiger partial charge in [0.1, 0.15) is 10.7 Å². The Morgan fingerprint density at radius 1 is 1.33 bits per heavy atom. The van der Waals surface area contributed by atoms with Crippen LogP contribution in [0.3, 0.4) is 0 Å². The molecule has 0 radical (unpaired) electrons. The third-order valence-corrected chi connectivity index (χ3v) is 3.22. The fraction of sp³-hybridized carbons (Fsp3) is 0.308. The van der Waals surface area contributed by atoms with Crippen LogP contribution in [0.15, 0.2) is 24.3 Å². The van der Waals surface area contributed by atoms with Crippen LogP contribution >= 0.6 is 11.5 Å². The number of hydrogen-bond acceptors (Lipinski definition) is 4. The summed E-state index contributed by atoms with van der Waals surface area (Å²) >= 11 is 1.05. The van der Waals surface area contributed by atoms with Gasteiger partial charge in [0.25, 0.3) is 0 Å². The van der Waals surface area contributed by atoms with Crippen molar-refractivity contribution in [2.45, 2.75) is 26.2 Å².